The molecule has 3 unspecified atom stereocenters. The van der Waals surface area contributed by atoms with E-state index in [2.05, 4.69) is 41.5 Å². The van der Waals surface area contributed by atoms with Crippen LogP contribution in [0.1, 0.15) is 48.0 Å². The summed E-state index contributed by atoms with van der Waals surface area (Å²) < 4.78 is 12.3. The molecule has 2 heteroatoms. The van der Waals surface area contributed by atoms with Crippen LogP contribution in [0.3, 0.4) is 0 Å². The minimum Gasteiger partial charge on any atom is -0.254 e. The van der Waals surface area contributed by atoms with E-state index in [1.54, 1.807) is 0 Å². The van der Waals surface area contributed by atoms with Crippen LogP contribution in [-0.2, 0) is 10.8 Å². The fraction of sp³-hybridized carbons (Fsp3) is 0.846. The Balaban J connectivity index is 2.53. The minimum atomic E-state index is -0.698. The Morgan fingerprint density at radius 1 is 1.07 bits per heavy atom. The van der Waals surface area contributed by atoms with Gasteiger partial charge in [-0.05, 0) is 28.7 Å². The SMILES string of the molecule is CC(C)(C)C1=C(C(C)(C)C)S(=O)C2CC12. The van der Waals surface area contributed by atoms with Crippen LogP contribution >= 0.6 is 0 Å². The molecule has 1 saturated carbocycles. The molecule has 1 aliphatic heterocycles. The fourth-order valence-electron chi connectivity index (χ4n) is 2.74. The van der Waals surface area contributed by atoms with Gasteiger partial charge in [-0.25, -0.2) is 0 Å². The van der Waals surface area contributed by atoms with Gasteiger partial charge in [-0.2, -0.15) is 0 Å². The number of hydrogen-bond acceptors (Lipinski definition) is 1. The molecule has 3 atom stereocenters. The van der Waals surface area contributed by atoms with Crippen LogP contribution in [0.15, 0.2) is 10.5 Å². The first-order valence-corrected chi connectivity index (χ1v) is 7.01. The zero-order valence-electron chi connectivity index (χ0n) is 10.7. The van der Waals surface area contributed by atoms with Gasteiger partial charge in [-0.3, -0.25) is 4.21 Å². The third-order valence-electron chi connectivity index (χ3n) is 3.31. The standard InChI is InChI=1S/C13H22OS/c1-12(2,3)10-8-7-9(8)15(14)11(10)13(4,5)6/h8-9H,7H2,1-6H3. The molecule has 0 aromatic rings. The largest absolute Gasteiger partial charge is 0.254 e. The van der Waals surface area contributed by atoms with Crippen molar-refractivity contribution >= 4 is 10.8 Å². The maximum absolute atomic E-state index is 12.3. The molecular weight excluding hydrogens is 204 g/mol. The second-order valence-corrected chi connectivity index (χ2v) is 8.53. The predicted octanol–water partition coefficient (Wildman–Crippen LogP) is 3.48. The van der Waals surface area contributed by atoms with Crippen LogP contribution in [0, 0.1) is 16.7 Å². The Morgan fingerprint density at radius 3 is 1.93 bits per heavy atom. The van der Waals surface area contributed by atoms with E-state index in [1.165, 1.54) is 16.9 Å². The van der Waals surface area contributed by atoms with Crippen molar-refractivity contribution in [3.8, 4) is 0 Å². The van der Waals surface area contributed by atoms with Gasteiger partial charge >= 0.3 is 0 Å². The van der Waals surface area contributed by atoms with Crippen LogP contribution in [0.2, 0.25) is 0 Å². The van der Waals surface area contributed by atoms with Crippen molar-refractivity contribution in [1.82, 2.24) is 0 Å². The highest BCUT2D eigenvalue weighted by molar-refractivity contribution is 7.90. The summed E-state index contributed by atoms with van der Waals surface area (Å²) in [5.41, 5.74) is 1.76. The van der Waals surface area contributed by atoms with Crippen molar-refractivity contribution in [2.75, 3.05) is 0 Å². The molecule has 86 valence electrons. The van der Waals surface area contributed by atoms with Crippen molar-refractivity contribution in [3.63, 3.8) is 0 Å². The molecule has 2 aliphatic rings. The second-order valence-electron chi connectivity index (χ2n) is 6.92. The molecule has 1 fully saturated rings. The lowest BCUT2D eigenvalue weighted by Gasteiger charge is -2.29. The minimum absolute atomic E-state index is 0.0703. The van der Waals surface area contributed by atoms with Crippen molar-refractivity contribution in [2.24, 2.45) is 16.7 Å². The van der Waals surface area contributed by atoms with Crippen LogP contribution in [0.25, 0.3) is 0 Å². The molecule has 15 heavy (non-hydrogen) atoms. The molecule has 1 heterocycles. The van der Waals surface area contributed by atoms with Crippen LogP contribution in [0.4, 0.5) is 0 Å². The smallest absolute Gasteiger partial charge is 0.0531 e. The summed E-state index contributed by atoms with van der Waals surface area (Å²) in [6, 6.07) is 0. The van der Waals surface area contributed by atoms with E-state index in [1.807, 2.05) is 0 Å². The Morgan fingerprint density at radius 2 is 1.60 bits per heavy atom. The lowest BCUT2D eigenvalue weighted by Crippen LogP contribution is -2.20. The average Bonchev–Trinajstić information content (AvgIpc) is 2.67. The molecule has 2 rings (SSSR count). The van der Waals surface area contributed by atoms with E-state index in [0.717, 1.165) is 0 Å². The summed E-state index contributed by atoms with van der Waals surface area (Å²) in [6.07, 6.45) is 1.17. The molecule has 1 nitrogen and oxygen atoms in total. The highest BCUT2D eigenvalue weighted by atomic mass is 32.2. The molecule has 0 amide bonds. The van der Waals surface area contributed by atoms with Crippen LogP contribution < -0.4 is 0 Å². The van der Waals surface area contributed by atoms with E-state index in [-0.39, 0.29) is 10.8 Å². The number of fused-ring (bicyclic) bond motifs is 1. The molecule has 0 radical (unpaired) electrons. The average molecular weight is 226 g/mol. The molecule has 0 aromatic heterocycles. The zero-order chi connectivity index (χ0) is 11.6. The Bertz CT molecular complexity index is 352. The summed E-state index contributed by atoms with van der Waals surface area (Å²) in [7, 11) is -0.698. The molecule has 0 N–H and O–H groups in total. The van der Waals surface area contributed by atoms with Crippen molar-refractivity contribution in [1.29, 1.82) is 0 Å². The third-order valence-corrected chi connectivity index (χ3v) is 5.62. The molecule has 0 bridgehead atoms. The van der Waals surface area contributed by atoms with Gasteiger partial charge in [0.2, 0.25) is 0 Å². The van der Waals surface area contributed by atoms with E-state index < -0.39 is 10.8 Å². The summed E-state index contributed by atoms with van der Waals surface area (Å²) in [5, 5.41) is 0.466. The lowest BCUT2D eigenvalue weighted by atomic mass is 9.79. The maximum Gasteiger partial charge on any atom is 0.0531 e. The maximum atomic E-state index is 12.3. The molecule has 1 aliphatic carbocycles. The van der Waals surface area contributed by atoms with Gasteiger partial charge in [-0.1, -0.05) is 41.5 Å². The van der Waals surface area contributed by atoms with Crippen LogP contribution in [0.5, 0.6) is 0 Å². The van der Waals surface area contributed by atoms with Crippen molar-refractivity contribution in [2.45, 2.75) is 53.2 Å². The third kappa shape index (κ3) is 1.71. The molecule has 0 aromatic carbocycles. The van der Waals surface area contributed by atoms with E-state index in [4.69, 9.17) is 0 Å². The molecule has 0 saturated heterocycles. The summed E-state index contributed by atoms with van der Waals surface area (Å²) in [4.78, 5) is 1.25. The van der Waals surface area contributed by atoms with Gasteiger partial charge in [0, 0.05) is 10.2 Å². The quantitative estimate of drug-likeness (QED) is 0.618. The van der Waals surface area contributed by atoms with E-state index in [9.17, 15) is 4.21 Å². The second kappa shape index (κ2) is 2.97. The van der Waals surface area contributed by atoms with Gasteiger partial charge in [0.05, 0.1) is 10.8 Å². The van der Waals surface area contributed by atoms with Crippen LogP contribution in [-0.4, -0.2) is 9.46 Å². The Hall–Kier alpha value is -0.110. The summed E-state index contributed by atoms with van der Waals surface area (Å²) in [6.45, 7) is 13.3. The van der Waals surface area contributed by atoms with E-state index in [0.29, 0.717) is 11.2 Å². The first-order valence-electron chi connectivity index (χ1n) is 5.79. The fourth-order valence-corrected chi connectivity index (χ4v) is 5.14. The Kier molecular flexibility index (Phi) is 2.25. The number of allylic oxidation sites excluding steroid dienone is 2. The predicted molar refractivity (Wildman–Crippen MR) is 66.0 cm³/mol. The molecular formula is C13H22OS. The van der Waals surface area contributed by atoms with Gasteiger partial charge in [0.1, 0.15) is 0 Å². The van der Waals surface area contributed by atoms with Gasteiger partial charge < -0.3 is 0 Å². The van der Waals surface area contributed by atoms with E-state index >= 15 is 0 Å². The zero-order valence-corrected chi connectivity index (χ0v) is 11.5. The monoisotopic (exact) mass is 226 g/mol. The van der Waals surface area contributed by atoms with Crippen molar-refractivity contribution < 1.29 is 4.21 Å². The van der Waals surface area contributed by atoms with Crippen molar-refractivity contribution in [3.05, 3.63) is 10.5 Å². The van der Waals surface area contributed by atoms with Gasteiger partial charge in [0.15, 0.2) is 0 Å². The first-order chi connectivity index (χ1) is 6.64. The van der Waals surface area contributed by atoms with Gasteiger partial charge in [0.25, 0.3) is 0 Å². The van der Waals surface area contributed by atoms with Gasteiger partial charge in [-0.15, -0.1) is 0 Å². The number of rotatable bonds is 0. The topological polar surface area (TPSA) is 17.1 Å². The summed E-state index contributed by atoms with van der Waals surface area (Å²) >= 11 is 0. The first kappa shape index (κ1) is 11.4. The molecule has 0 spiro atoms. The number of hydrogen-bond donors (Lipinski definition) is 0. The normalized spacial score (nSPS) is 35.7. The Labute approximate surface area is 95.8 Å². The lowest BCUT2D eigenvalue weighted by molar-refractivity contribution is 0.445. The summed E-state index contributed by atoms with van der Waals surface area (Å²) in [5.74, 6) is 0.639. The highest BCUT2D eigenvalue weighted by Gasteiger charge is 2.56. The highest BCUT2D eigenvalue weighted by Crippen LogP contribution is 2.59.